The molecule has 0 saturated heterocycles. The first-order chi connectivity index (χ1) is 10.1. The minimum absolute atomic E-state index is 0.0513. The fourth-order valence-corrected chi connectivity index (χ4v) is 2.25. The number of carbonyl (C=O) groups is 2. The number of hydrogen-bond acceptors (Lipinski definition) is 4. The summed E-state index contributed by atoms with van der Waals surface area (Å²) in [4.78, 5) is 24.4. The molecule has 0 saturated carbocycles. The molecule has 0 aromatic heterocycles. The van der Waals surface area contributed by atoms with Crippen LogP contribution in [0.25, 0.3) is 0 Å². The van der Waals surface area contributed by atoms with Crippen LogP contribution in [0, 0.1) is 0 Å². The van der Waals surface area contributed by atoms with Gasteiger partial charge in [-0.3, -0.25) is 9.59 Å². The number of benzene rings is 2. The molecule has 0 unspecified atom stereocenters. The third kappa shape index (κ3) is 2.08. The first-order valence-corrected chi connectivity index (χ1v) is 6.41. The van der Waals surface area contributed by atoms with Crippen LogP contribution >= 0.6 is 0 Å². The highest BCUT2D eigenvalue weighted by molar-refractivity contribution is 6.21. The van der Waals surface area contributed by atoms with Crippen LogP contribution < -0.4 is 0 Å². The number of rotatable bonds is 2. The molecule has 1 aliphatic rings. The maximum atomic E-state index is 12.2. The van der Waals surface area contributed by atoms with E-state index in [1.54, 1.807) is 49.4 Å². The Kier molecular flexibility index (Phi) is 3.02. The largest absolute Gasteiger partial charge is 0.507 e. The van der Waals surface area contributed by atoms with Crippen LogP contribution in [-0.2, 0) is 0 Å². The molecule has 2 amide bonds. The van der Waals surface area contributed by atoms with Crippen molar-refractivity contribution in [2.45, 2.75) is 6.92 Å². The van der Waals surface area contributed by atoms with Crippen LogP contribution in [0.4, 0.5) is 0 Å². The first-order valence-electron chi connectivity index (χ1n) is 6.41. The average Bonchev–Trinajstić information content (AvgIpc) is 2.73. The summed E-state index contributed by atoms with van der Waals surface area (Å²) in [6.45, 7) is 1.64. The molecule has 104 valence electrons. The third-order valence-electron chi connectivity index (χ3n) is 3.32. The Bertz CT molecular complexity index is 746. The lowest BCUT2D eigenvalue weighted by molar-refractivity contribution is 0.0658. The number of para-hydroxylation sites is 1. The second kappa shape index (κ2) is 4.86. The number of carbonyl (C=O) groups excluding carboxylic acids is 2. The van der Waals surface area contributed by atoms with Crippen molar-refractivity contribution in [3.05, 3.63) is 65.2 Å². The van der Waals surface area contributed by atoms with Crippen LogP contribution in [0.3, 0.4) is 0 Å². The predicted octanol–water partition coefficient (Wildman–Crippen LogP) is 2.41. The van der Waals surface area contributed by atoms with Gasteiger partial charge in [-0.05, 0) is 31.2 Å². The summed E-state index contributed by atoms with van der Waals surface area (Å²) in [6.07, 6.45) is 0. The van der Waals surface area contributed by atoms with Gasteiger partial charge in [-0.1, -0.05) is 24.3 Å². The number of phenolic OH excluding ortho intramolecular Hbond substituents is 1. The number of aromatic hydroxyl groups is 1. The highest BCUT2D eigenvalue weighted by Gasteiger charge is 2.35. The Morgan fingerprint density at radius 1 is 0.952 bits per heavy atom. The minimum atomic E-state index is -0.453. The van der Waals surface area contributed by atoms with E-state index in [0.717, 1.165) is 5.01 Å². The maximum Gasteiger partial charge on any atom is 0.282 e. The second-order valence-corrected chi connectivity index (χ2v) is 4.67. The van der Waals surface area contributed by atoms with Gasteiger partial charge in [0, 0.05) is 5.56 Å². The number of phenols is 1. The molecule has 0 bridgehead atoms. The van der Waals surface area contributed by atoms with Crippen LogP contribution in [0.5, 0.6) is 5.75 Å². The topological polar surface area (TPSA) is 70.0 Å². The van der Waals surface area contributed by atoms with Crippen molar-refractivity contribution < 1.29 is 14.7 Å². The van der Waals surface area contributed by atoms with E-state index in [1.807, 2.05) is 0 Å². The molecule has 5 heteroatoms. The minimum Gasteiger partial charge on any atom is -0.507 e. The van der Waals surface area contributed by atoms with Gasteiger partial charge in [-0.15, -0.1) is 0 Å². The van der Waals surface area contributed by atoms with E-state index in [1.165, 1.54) is 6.07 Å². The summed E-state index contributed by atoms with van der Waals surface area (Å²) < 4.78 is 0. The van der Waals surface area contributed by atoms with E-state index in [4.69, 9.17) is 0 Å². The van der Waals surface area contributed by atoms with E-state index in [2.05, 4.69) is 5.10 Å². The highest BCUT2D eigenvalue weighted by Crippen LogP contribution is 2.24. The van der Waals surface area contributed by atoms with E-state index in [-0.39, 0.29) is 5.75 Å². The van der Waals surface area contributed by atoms with Gasteiger partial charge in [-0.25, -0.2) is 0 Å². The van der Waals surface area contributed by atoms with Gasteiger partial charge in [0.05, 0.1) is 16.8 Å². The Morgan fingerprint density at radius 3 is 2.05 bits per heavy atom. The monoisotopic (exact) mass is 280 g/mol. The average molecular weight is 280 g/mol. The van der Waals surface area contributed by atoms with E-state index < -0.39 is 11.8 Å². The highest BCUT2D eigenvalue weighted by atomic mass is 16.3. The van der Waals surface area contributed by atoms with Crippen molar-refractivity contribution in [1.82, 2.24) is 5.01 Å². The van der Waals surface area contributed by atoms with Gasteiger partial charge in [0.15, 0.2) is 0 Å². The van der Waals surface area contributed by atoms with Crippen molar-refractivity contribution in [3.63, 3.8) is 0 Å². The summed E-state index contributed by atoms with van der Waals surface area (Å²) in [5, 5.41) is 14.7. The summed E-state index contributed by atoms with van der Waals surface area (Å²) in [5.41, 5.74) is 1.56. The van der Waals surface area contributed by atoms with Gasteiger partial charge in [0.25, 0.3) is 11.8 Å². The quantitative estimate of drug-likeness (QED) is 0.678. The van der Waals surface area contributed by atoms with Gasteiger partial charge in [-0.2, -0.15) is 10.1 Å². The lowest BCUT2D eigenvalue weighted by Crippen LogP contribution is -2.25. The molecule has 0 fully saturated rings. The number of fused-ring (bicyclic) bond motifs is 1. The Morgan fingerprint density at radius 2 is 1.48 bits per heavy atom. The van der Waals surface area contributed by atoms with Gasteiger partial charge in [0.2, 0.25) is 0 Å². The maximum absolute atomic E-state index is 12.2. The van der Waals surface area contributed by atoms with Crippen LogP contribution in [0.2, 0.25) is 0 Å². The van der Waals surface area contributed by atoms with E-state index >= 15 is 0 Å². The van der Waals surface area contributed by atoms with Crippen LogP contribution in [0.15, 0.2) is 53.6 Å². The van der Waals surface area contributed by atoms with Crippen molar-refractivity contribution in [1.29, 1.82) is 0 Å². The molecule has 1 heterocycles. The van der Waals surface area contributed by atoms with Crippen molar-refractivity contribution in [2.75, 3.05) is 0 Å². The Labute approximate surface area is 121 Å². The number of nitrogens with zero attached hydrogens (tertiary/aromatic N) is 2. The zero-order chi connectivity index (χ0) is 15.0. The van der Waals surface area contributed by atoms with Crippen molar-refractivity contribution >= 4 is 17.5 Å². The van der Waals surface area contributed by atoms with Crippen LogP contribution in [0.1, 0.15) is 33.2 Å². The van der Waals surface area contributed by atoms with E-state index in [9.17, 15) is 14.7 Å². The predicted molar refractivity (Wildman–Crippen MR) is 77.3 cm³/mol. The molecule has 21 heavy (non-hydrogen) atoms. The van der Waals surface area contributed by atoms with E-state index in [0.29, 0.717) is 22.4 Å². The SMILES string of the molecule is C/C(=N\N1C(=O)c2ccccc2C1=O)c1ccccc1O. The molecule has 3 rings (SSSR count). The number of hydrogen-bond donors (Lipinski definition) is 1. The van der Waals surface area contributed by atoms with Gasteiger partial charge >= 0.3 is 0 Å². The number of amides is 2. The molecule has 0 spiro atoms. The van der Waals surface area contributed by atoms with Crippen molar-refractivity contribution in [3.8, 4) is 5.75 Å². The molecule has 0 radical (unpaired) electrons. The Balaban J connectivity index is 2.00. The molecule has 2 aromatic carbocycles. The molecule has 1 aliphatic heterocycles. The standard InChI is InChI=1S/C16H12N2O3/c1-10(11-6-4-5-9-14(11)19)17-18-15(20)12-7-2-3-8-13(12)16(18)21/h2-9,19H,1H3/b17-10+. The molecule has 0 aliphatic carbocycles. The summed E-state index contributed by atoms with van der Waals surface area (Å²) in [6, 6.07) is 13.2. The lowest BCUT2D eigenvalue weighted by atomic mass is 10.1. The normalized spacial score (nSPS) is 14.5. The second-order valence-electron chi connectivity index (χ2n) is 4.67. The zero-order valence-electron chi connectivity index (χ0n) is 11.3. The van der Waals surface area contributed by atoms with Gasteiger partial charge in [0.1, 0.15) is 5.75 Å². The van der Waals surface area contributed by atoms with Crippen LogP contribution in [-0.4, -0.2) is 27.6 Å². The molecule has 2 aromatic rings. The molecule has 5 nitrogen and oxygen atoms in total. The summed E-state index contributed by atoms with van der Waals surface area (Å²) in [7, 11) is 0. The molecular weight excluding hydrogens is 268 g/mol. The summed E-state index contributed by atoms with van der Waals surface area (Å²) in [5.74, 6) is -0.855. The number of imide groups is 1. The molecule has 1 N–H and O–H groups in total. The smallest absolute Gasteiger partial charge is 0.282 e. The fraction of sp³-hybridized carbons (Fsp3) is 0.0625. The molecular formula is C16H12N2O3. The van der Waals surface area contributed by atoms with Crippen molar-refractivity contribution in [2.24, 2.45) is 5.10 Å². The fourth-order valence-electron chi connectivity index (χ4n) is 2.25. The lowest BCUT2D eigenvalue weighted by Gasteiger charge is -2.09. The summed E-state index contributed by atoms with van der Waals surface area (Å²) >= 11 is 0. The Hall–Kier alpha value is -2.95. The van der Waals surface area contributed by atoms with Gasteiger partial charge < -0.3 is 5.11 Å². The first kappa shape index (κ1) is 13.1. The zero-order valence-corrected chi connectivity index (χ0v) is 11.3. The third-order valence-corrected chi connectivity index (χ3v) is 3.32. The molecule has 0 atom stereocenters. The number of hydrazone groups is 1.